The Balaban J connectivity index is 2.00. The van der Waals surface area contributed by atoms with Gasteiger partial charge < -0.3 is 14.8 Å². The second kappa shape index (κ2) is 6.15. The molecule has 0 spiro atoms. The number of carbonyl (C=O) groups excluding carboxylic acids is 1. The lowest BCUT2D eigenvalue weighted by Crippen LogP contribution is -2.30. The summed E-state index contributed by atoms with van der Waals surface area (Å²) in [6, 6.07) is 0.168. The molecule has 2 heterocycles. The van der Waals surface area contributed by atoms with E-state index < -0.39 is 0 Å². The summed E-state index contributed by atoms with van der Waals surface area (Å²) in [6.45, 7) is 5.03. The maximum absolute atomic E-state index is 11.7. The molecule has 0 radical (unpaired) electrons. The molecule has 2 unspecified atom stereocenters. The van der Waals surface area contributed by atoms with E-state index in [-0.39, 0.29) is 18.1 Å². The zero-order valence-corrected chi connectivity index (χ0v) is 11.5. The largest absolute Gasteiger partial charge is 0.461 e. The van der Waals surface area contributed by atoms with Crippen LogP contribution >= 0.6 is 11.3 Å². The Morgan fingerprint density at radius 2 is 2.61 bits per heavy atom. The highest BCUT2D eigenvalue weighted by molar-refractivity contribution is 7.14. The molecule has 100 valence electrons. The number of esters is 1. The van der Waals surface area contributed by atoms with Crippen LogP contribution in [-0.4, -0.2) is 36.3 Å². The van der Waals surface area contributed by atoms with Crippen LogP contribution in [0.2, 0.25) is 0 Å². The molecule has 1 aromatic heterocycles. The van der Waals surface area contributed by atoms with Gasteiger partial charge in [0, 0.05) is 6.61 Å². The molecule has 18 heavy (non-hydrogen) atoms. The SMILES string of the molecule is CCOC(=O)c1ncsc1NC(C)C1CCCO1. The molecule has 2 atom stereocenters. The monoisotopic (exact) mass is 270 g/mol. The molecule has 1 N–H and O–H groups in total. The number of thiazole rings is 1. The van der Waals surface area contributed by atoms with E-state index in [1.54, 1.807) is 12.4 Å². The lowest BCUT2D eigenvalue weighted by atomic mass is 10.1. The molecule has 0 saturated carbocycles. The van der Waals surface area contributed by atoms with Crippen LogP contribution in [-0.2, 0) is 9.47 Å². The number of anilines is 1. The first-order chi connectivity index (χ1) is 8.72. The molecule has 6 heteroatoms. The first kappa shape index (κ1) is 13.3. The van der Waals surface area contributed by atoms with Crippen molar-refractivity contribution >= 4 is 22.3 Å². The summed E-state index contributed by atoms with van der Waals surface area (Å²) >= 11 is 1.41. The summed E-state index contributed by atoms with van der Waals surface area (Å²) in [5.74, 6) is -0.374. The number of nitrogens with one attached hydrogen (secondary N) is 1. The second-order valence-electron chi connectivity index (χ2n) is 4.24. The molecular weight excluding hydrogens is 252 g/mol. The number of nitrogens with zero attached hydrogens (tertiary/aromatic N) is 1. The zero-order chi connectivity index (χ0) is 13.0. The summed E-state index contributed by atoms with van der Waals surface area (Å²) < 4.78 is 10.6. The van der Waals surface area contributed by atoms with Gasteiger partial charge in [0.2, 0.25) is 0 Å². The fraction of sp³-hybridized carbons (Fsp3) is 0.667. The maximum atomic E-state index is 11.7. The third-order valence-corrected chi connectivity index (χ3v) is 3.68. The number of rotatable bonds is 5. The van der Waals surface area contributed by atoms with Gasteiger partial charge in [0.1, 0.15) is 5.00 Å². The molecule has 0 aromatic carbocycles. The molecule has 0 amide bonds. The minimum atomic E-state index is -0.374. The summed E-state index contributed by atoms with van der Waals surface area (Å²) in [4.78, 5) is 15.7. The quantitative estimate of drug-likeness (QED) is 0.832. The molecule has 1 fully saturated rings. The van der Waals surface area contributed by atoms with Crippen molar-refractivity contribution in [1.29, 1.82) is 0 Å². The Kier molecular flexibility index (Phi) is 4.54. The van der Waals surface area contributed by atoms with Gasteiger partial charge in [-0.25, -0.2) is 9.78 Å². The summed E-state index contributed by atoms with van der Waals surface area (Å²) in [5, 5.41) is 4.06. The van der Waals surface area contributed by atoms with Gasteiger partial charge in [-0.15, -0.1) is 11.3 Å². The van der Waals surface area contributed by atoms with E-state index in [1.165, 1.54) is 11.3 Å². The smallest absolute Gasteiger partial charge is 0.360 e. The van der Waals surface area contributed by atoms with Crippen LogP contribution in [0.4, 0.5) is 5.00 Å². The highest BCUT2D eigenvalue weighted by Gasteiger charge is 2.25. The van der Waals surface area contributed by atoms with Crippen LogP contribution in [0.3, 0.4) is 0 Å². The number of aromatic nitrogens is 1. The highest BCUT2D eigenvalue weighted by Crippen LogP contribution is 2.25. The van der Waals surface area contributed by atoms with Crippen molar-refractivity contribution in [2.75, 3.05) is 18.5 Å². The van der Waals surface area contributed by atoms with Gasteiger partial charge in [-0.1, -0.05) is 0 Å². The second-order valence-corrected chi connectivity index (χ2v) is 5.09. The van der Waals surface area contributed by atoms with Gasteiger partial charge in [0.25, 0.3) is 0 Å². The summed E-state index contributed by atoms with van der Waals surface area (Å²) in [5.41, 5.74) is 2.02. The lowest BCUT2D eigenvalue weighted by molar-refractivity contribution is 0.0521. The fourth-order valence-corrected chi connectivity index (χ4v) is 2.76. The van der Waals surface area contributed by atoms with Crippen LogP contribution in [0, 0.1) is 0 Å². The Morgan fingerprint density at radius 3 is 3.28 bits per heavy atom. The first-order valence-corrected chi connectivity index (χ1v) is 7.09. The van der Waals surface area contributed by atoms with Crippen molar-refractivity contribution in [2.24, 2.45) is 0 Å². The van der Waals surface area contributed by atoms with Crippen LogP contribution < -0.4 is 5.32 Å². The third-order valence-electron chi connectivity index (χ3n) is 2.92. The van der Waals surface area contributed by atoms with Crippen molar-refractivity contribution in [3.05, 3.63) is 11.2 Å². The predicted molar refractivity (Wildman–Crippen MR) is 70.1 cm³/mol. The van der Waals surface area contributed by atoms with E-state index in [0.29, 0.717) is 12.3 Å². The van der Waals surface area contributed by atoms with Gasteiger partial charge in [-0.3, -0.25) is 0 Å². The summed E-state index contributed by atoms with van der Waals surface area (Å²) in [6.07, 6.45) is 2.37. The van der Waals surface area contributed by atoms with E-state index >= 15 is 0 Å². The fourth-order valence-electron chi connectivity index (χ4n) is 1.99. The predicted octanol–water partition coefficient (Wildman–Crippen LogP) is 2.30. The Morgan fingerprint density at radius 1 is 1.78 bits per heavy atom. The summed E-state index contributed by atoms with van der Waals surface area (Å²) in [7, 11) is 0. The minimum absolute atomic E-state index is 0.168. The van der Waals surface area contributed by atoms with Crippen molar-refractivity contribution in [1.82, 2.24) is 4.98 Å². The molecule has 0 aliphatic carbocycles. The molecule has 1 aliphatic rings. The molecule has 5 nitrogen and oxygen atoms in total. The average Bonchev–Trinajstić information content (AvgIpc) is 2.99. The normalized spacial score (nSPS) is 20.7. The van der Waals surface area contributed by atoms with E-state index in [0.717, 1.165) is 24.4 Å². The van der Waals surface area contributed by atoms with Crippen LogP contribution in [0.25, 0.3) is 0 Å². The Bertz CT molecular complexity index is 402. The van der Waals surface area contributed by atoms with E-state index in [4.69, 9.17) is 9.47 Å². The molecule has 2 rings (SSSR count). The van der Waals surface area contributed by atoms with Gasteiger partial charge in [0.05, 0.1) is 24.3 Å². The van der Waals surface area contributed by atoms with Crippen LogP contribution in [0.15, 0.2) is 5.51 Å². The lowest BCUT2D eigenvalue weighted by Gasteiger charge is -2.20. The van der Waals surface area contributed by atoms with Crippen molar-refractivity contribution in [3.63, 3.8) is 0 Å². The third kappa shape index (κ3) is 3.00. The van der Waals surface area contributed by atoms with Gasteiger partial charge >= 0.3 is 5.97 Å². The van der Waals surface area contributed by atoms with Gasteiger partial charge in [0.15, 0.2) is 5.69 Å². The maximum Gasteiger partial charge on any atom is 0.360 e. The van der Waals surface area contributed by atoms with Gasteiger partial charge in [-0.05, 0) is 26.7 Å². The zero-order valence-electron chi connectivity index (χ0n) is 10.6. The van der Waals surface area contributed by atoms with Crippen molar-refractivity contribution in [3.8, 4) is 0 Å². The topological polar surface area (TPSA) is 60.5 Å². The standard InChI is InChI=1S/C12H18N2O3S/c1-3-16-12(15)10-11(18-7-13-10)14-8(2)9-5-4-6-17-9/h7-9,14H,3-6H2,1-2H3. The van der Waals surface area contributed by atoms with E-state index in [9.17, 15) is 4.79 Å². The van der Waals surface area contributed by atoms with E-state index in [1.807, 2.05) is 0 Å². The molecule has 1 aromatic rings. The molecular formula is C12H18N2O3S. The van der Waals surface area contributed by atoms with Gasteiger partial charge in [-0.2, -0.15) is 0 Å². The average molecular weight is 270 g/mol. The Labute approximate surface area is 111 Å². The molecule has 1 saturated heterocycles. The Hall–Kier alpha value is -1.14. The van der Waals surface area contributed by atoms with Crippen LogP contribution in [0.5, 0.6) is 0 Å². The van der Waals surface area contributed by atoms with E-state index in [2.05, 4.69) is 17.2 Å². The van der Waals surface area contributed by atoms with Crippen LogP contribution in [0.1, 0.15) is 37.2 Å². The molecule has 1 aliphatic heterocycles. The molecule has 0 bridgehead atoms. The van der Waals surface area contributed by atoms with Crippen molar-refractivity contribution < 1.29 is 14.3 Å². The minimum Gasteiger partial charge on any atom is -0.461 e. The van der Waals surface area contributed by atoms with Crippen molar-refractivity contribution in [2.45, 2.75) is 38.8 Å². The highest BCUT2D eigenvalue weighted by atomic mass is 32.1. The number of hydrogen-bond acceptors (Lipinski definition) is 6. The number of hydrogen-bond donors (Lipinski definition) is 1. The number of ether oxygens (including phenoxy) is 2. The number of carbonyl (C=O) groups is 1. The first-order valence-electron chi connectivity index (χ1n) is 6.21.